The molecule has 3 rings (SSSR count). The zero-order valence-electron chi connectivity index (χ0n) is 15.8. The molecule has 0 unspecified atom stereocenters. The van der Waals surface area contributed by atoms with Crippen molar-refractivity contribution in [1.29, 1.82) is 0 Å². The van der Waals surface area contributed by atoms with Crippen molar-refractivity contribution in [2.24, 2.45) is 17.3 Å². The Morgan fingerprint density at radius 1 is 0.960 bits per heavy atom. The Balaban J connectivity index is 1.50. The molecule has 0 N–H and O–H groups in total. The molecule has 1 aromatic carbocycles. The van der Waals surface area contributed by atoms with Gasteiger partial charge in [-0.1, -0.05) is 51.5 Å². The van der Waals surface area contributed by atoms with Crippen molar-refractivity contribution in [2.75, 3.05) is 0 Å². The summed E-state index contributed by atoms with van der Waals surface area (Å²) in [5.41, 5.74) is 1.59. The lowest BCUT2D eigenvalue weighted by atomic mass is 9.59. The third-order valence-corrected chi connectivity index (χ3v) is 7.14. The quantitative estimate of drug-likeness (QED) is 0.500. The maximum atomic E-state index is 13.3. The van der Waals surface area contributed by atoms with Crippen LogP contribution in [0.25, 0.3) is 0 Å². The molecule has 2 aliphatic carbocycles. The highest BCUT2D eigenvalue weighted by Crippen LogP contribution is 2.52. The summed E-state index contributed by atoms with van der Waals surface area (Å²) in [7, 11) is 0. The summed E-state index contributed by atoms with van der Waals surface area (Å²) in [6.07, 6.45) is 17.5. The average Bonchev–Trinajstić information content (AvgIpc) is 2.64. The van der Waals surface area contributed by atoms with E-state index >= 15 is 0 Å². The van der Waals surface area contributed by atoms with Crippen molar-refractivity contribution in [2.45, 2.75) is 90.4 Å². The van der Waals surface area contributed by atoms with Crippen LogP contribution in [-0.4, -0.2) is 0 Å². The van der Waals surface area contributed by atoms with Gasteiger partial charge >= 0.3 is 0 Å². The topological polar surface area (TPSA) is 0 Å². The van der Waals surface area contributed by atoms with Gasteiger partial charge in [-0.3, -0.25) is 0 Å². The van der Waals surface area contributed by atoms with Crippen LogP contribution in [0, 0.1) is 28.9 Å². The maximum absolute atomic E-state index is 13.3. The second-order valence-corrected chi connectivity index (χ2v) is 8.68. The van der Waals surface area contributed by atoms with E-state index in [4.69, 9.17) is 0 Å². The fourth-order valence-corrected chi connectivity index (χ4v) is 5.75. The van der Waals surface area contributed by atoms with Crippen LogP contribution < -0.4 is 0 Å². The van der Waals surface area contributed by atoms with Crippen LogP contribution in [0.2, 0.25) is 0 Å². The van der Waals surface area contributed by atoms with Crippen molar-refractivity contribution in [3.05, 3.63) is 35.4 Å². The molecule has 2 heteroatoms. The molecule has 25 heavy (non-hydrogen) atoms. The lowest BCUT2D eigenvalue weighted by Gasteiger charge is -2.47. The predicted octanol–water partition coefficient (Wildman–Crippen LogP) is 7.45. The van der Waals surface area contributed by atoms with Gasteiger partial charge in [0.25, 0.3) is 0 Å². The number of rotatable bonds is 6. The molecule has 2 saturated carbocycles. The second kappa shape index (κ2) is 8.64. The fraction of sp³-hybridized carbons (Fsp3) is 0.739. The van der Waals surface area contributed by atoms with Crippen LogP contribution in [0.4, 0.5) is 8.78 Å². The summed E-state index contributed by atoms with van der Waals surface area (Å²) < 4.78 is 26.4. The Morgan fingerprint density at radius 2 is 1.68 bits per heavy atom. The zero-order valence-corrected chi connectivity index (χ0v) is 15.8. The van der Waals surface area contributed by atoms with E-state index in [0.717, 1.165) is 30.2 Å². The Bertz CT molecular complexity index is 532. The second-order valence-electron chi connectivity index (χ2n) is 8.68. The Labute approximate surface area is 152 Å². The van der Waals surface area contributed by atoms with Crippen molar-refractivity contribution in [1.82, 2.24) is 0 Å². The first kappa shape index (κ1) is 18.9. The smallest absolute Gasteiger partial charge is 0.159 e. The number of benzene rings is 1. The van der Waals surface area contributed by atoms with Crippen LogP contribution in [0.3, 0.4) is 0 Å². The molecule has 0 aliphatic heterocycles. The van der Waals surface area contributed by atoms with Crippen LogP contribution in [0.5, 0.6) is 0 Å². The molecule has 0 nitrogen and oxygen atoms in total. The first-order chi connectivity index (χ1) is 12.1. The summed E-state index contributed by atoms with van der Waals surface area (Å²) >= 11 is 0. The van der Waals surface area contributed by atoms with Crippen molar-refractivity contribution in [3.63, 3.8) is 0 Å². The molecule has 0 saturated heterocycles. The molecule has 0 spiro atoms. The average molecular weight is 349 g/mol. The molecule has 0 atom stereocenters. The normalized spacial score (nSPS) is 26.5. The number of aryl methyl sites for hydroxylation is 1. The molecular formula is C23H34F2. The van der Waals surface area contributed by atoms with Gasteiger partial charge in [-0.2, -0.15) is 0 Å². The summed E-state index contributed by atoms with van der Waals surface area (Å²) in [6, 6.07) is 4.38. The van der Waals surface area contributed by atoms with E-state index in [9.17, 15) is 8.78 Å². The van der Waals surface area contributed by atoms with E-state index in [-0.39, 0.29) is 0 Å². The highest BCUT2D eigenvalue weighted by atomic mass is 19.2. The first-order valence-electron chi connectivity index (χ1n) is 10.6. The Hall–Kier alpha value is -0.920. The summed E-state index contributed by atoms with van der Waals surface area (Å²) in [4.78, 5) is 0. The minimum Gasteiger partial charge on any atom is -0.204 e. The lowest BCUT2D eigenvalue weighted by Crippen LogP contribution is -2.35. The standard InChI is InChI=1S/C23H34F2/c1-2-14-23(15-4-3-5-16-23)20-11-8-18(9-12-20)6-7-19-10-13-21(24)22(25)17-19/h10,13,17-18,20H,2-9,11-12,14-16H2,1H3/t18-,20-. The van der Waals surface area contributed by atoms with Crippen LogP contribution in [0.15, 0.2) is 18.2 Å². The fourth-order valence-electron chi connectivity index (χ4n) is 5.75. The largest absolute Gasteiger partial charge is 0.204 e. The van der Waals surface area contributed by atoms with Crippen molar-refractivity contribution >= 4 is 0 Å². The van der Waals surface area contributed by atoms with Crippen LogP contribution in [-0.2, 0) is 6.42 Å². The molecule has 1 aromatic rings. The van der Waals surface area contributed by atoms with Gasteiger partial charge in [0.2, 0.25) is 0 Å². The molecule has 2 aliphatic rings. The molecule has 2 fully saturated rings. The third kappa shape index (κ3) is 4.63. The van der Waals surface area contributed by atoms with E-state index in [1.54, 1.807) is 6.07 Å². The van der Waals surface area contributed by atoms with E-state index in [1.807, 2.05) is 0 Å². The van der Waals surface area contributed by atoms with Crippen LogP contribution in [0.1, 0.15) is 89.5 Å². The number of hydrogen-bond donors (Lipinski definition) is 0. The monoisotopic (exact) mass is 348 g/mol. The molecule has 0 aromatic heterocycles. The number of halogens is 2. The highest BCUT2D eigenvalue weighted by molar-refractivity contribution is 5.17. The molecule has 0 bridgehead atoms. The number of hydrogen-bond acceptors (Lipinski definition) is 0. The molecule has 140 valence electrons. The van der Waals surface area contributed by atoms with Gasteiger partial charge < -0.3 is 0 Å². The van der Waals surface area contributed by atoms with E-state index < -0.39 is 11.6 Å². The van der Waals surface area contributed by atoms with Crippen molar-refractivity contribution < 1.29 is 8.78 Å². The lowest BCUT2D eigenvalue weighted by molar-refractivity contribution is 0.0445. The van der Waals surface area contributed by atoms with Gasteiger partial charge in [0.05, 0.1) is 0 Å². The molecule has 0 heterocycles. The molecular weight excluding hydrogens is 314 g/mol. The van der Waals surface area contributed by atoms with Gasteiger partial charge in [0, 0.05) is 0 Å². The van der Waals surface area contributed by atoms with E-state index in [2.05, 4.69) is 6.92 Å². The summed E-state index contributed by atoms with van der Waals surface area (Å²) in [5, 5.41) is 0. The first-order valence-corrected chi connectivity index (χ1v) is 10.6. The zero-order chi connectivity index (χ0) is 17.7. The third-order valence-electron chi connectivity index (χ3n) is 7.14. The summed E-state index contributed by atoms with van der Waals surface area (Å²) in [5.74, 6) is 0.261. The van der Waals surface area contributed by atoms with Crippen LogP contribution >= 0.6 is 0 Å². The SMILES string of the molecule is CCCC1([C@H]2CC[C@H](CCc3ccc(F)c(F)c3)CC2)CCCCC1. The summed E-state index contributed by atoms with van der Waals surface area (Å²) in [6.45, 7) is 2.35. The highest BCUT2D eigenvalue weighted by Gasteiger charge is 2.40. The van der Waals surface area contributed by atoms with Crippen molar-refractivity contribution in [3.8, 4) is 0 Å². The minimum absolute atomic E-state index is 0.651. The molecule has 0 radical (unpaired) electrons. The minimum atomic E-state index is -0.738. The van der Waals surface area contributed by atoms with Gasteiger partial charge in [-0.25, -0.2) is 8.78 Å². The Morgan fingerprint density at radius 3 is 2.32 bits per heavy atom. The van der Waals surface area contributed by atoms with Gasteiger partial charge in [-0.05, 0) is 79.9 Å². The van der Waals surface area contributed by atoms with Gasteiger partial charge in [0.15, 0.2) is 11.6 Å². The van der Waals surface area contributed by atoms with Gasteiger partial charge in [0.1, 0.15) is 0 Å². The predicted molar refractivity (Wildman–Crippen MR) is 101 cm³/mol. The van der Waals surface area contributed by atoms with E-state index in [1.165, 1.54) is 82.8 Å². The Kier molecular flexibility index (Phi) is 6.52. The van der Waals surface area contributed by atoms with Gasteiger partial charge in [-0.15, -0.1) is 0 Å². The molecule has 0 amide bonds. The maximum Gasteiger partial charge on any atom is 0.159 e. The van der Waals surface area contributed by atoms with E-state index in [0.29, 0.717) is 5.41 Å².